The van der Waals surface area contributed by atoms with Gasteiger partial charge in [-0.25, -0.2) is 4.98 Å². The molecule has 1 aliphatic rings. The highest BCUT2D eigenvalue weighted by Gasteiger charge is 2.33. The fourth-order valence-electron chi connectivity index (χ4n) is 2.78. The molecule has 0 aromatic carbocycles. The van der Waals surface area contributed by atoms with Crippen LogP contribution in [0.3, 0.4) is 0 Å². The second kappa shape index (κ2) is 11.5. The quantitative estimate of drug-likeness (QED) is 0.261. The lowest BCUT2D eigenvalue weighted by Crippen LogP contribution is -2.41. The van der Waals surface area contributed by atoms with Gasteiger partial charge in [-0.15, -0.1) is 24.0 Å². The molecule has 2 N–H and O–H groups in total. The van der Waals surface area contributed by atoms with E-state index in [0.29, 0.717) is 12.5 Å². The van der Waals surface area contributed by atoms with Gasteiger partial charge in [0.1, 0.15) is 5.82 Å². The van der Waals surface area contributed by atoms with Crippen molar-refractivity contribution in [3.63, 3.8) is 0 Å². The molecule has 2 rings (SSSR count). The molecule has 1 fully saturated rings. The van der Waals surface area contributed by atoms with Crippen molar-refractivity contribution < 1.29 is 17.9 Å². The van der Waals surface area contributed by atoms with Crippen LogP contribution in [0.5, 0.6) is 0 Å². The molecule has 1 aromatic rings. The summed E-state index contributed by atoms with van der Waals surface area (Å²) < 4.78 is 44.2. The van der Waals surface area contributed by atoms with E-state index in [4.69, 9.17) is 4.74 Å². The van der Waals surface area contributed by atoms with Crippen molar-refractivity contribution in [2.75, 3.05) is 51.8 Å². The fraction of sp³-hybridized carbons (Fsp3) is 0.647. The Morgan fingerprint density at radius 3 is 2.85 bits per heavy atom. The van der Waals surface area contributed by atoms with Gasteiger partial charge in [-0.1, -0.05) is 0 Å². The van der Waals surface area contributed by atoms with E-state index in [0.717, 1.165) is 44.8 Å². The Kier molecular flexibility index (Phi) is 10.1. The number of pyridine rings is 1. The Bertz CT molecular complexity index is 594. The third-order valence-corrected chi connectivity index (χ3v) is 4.03. The Balaban J connectivity index is 0.00000364. The first-order valence-corrected chi connectivity index (χ1v) is 8.75. The maximum absolute atomic E-state index is 13.0. The first-order chi connectivity index (χ1) is 12.4. The van der Waals surface area contributed by atoms with Crippen molar-refractivity contribution in [1.29, 1.82) is 0 Å². The number of nitrogens with one attached hydrogen (secondary N) is 2. The third-order valence-electron chi connectivity index (χ3n) is 4.03. The number of anilines is 1. The molecule has 1 saturated heterocycles. The second-order valence-corrected chi connectivity index (χ2v) is 6.17. The number of alkyl halides is 3. The van der Waals surface area contributed by atoms with E-state index in [1.807, 2.05) is 18.9 Å². The van der Waals surface area contributed by atoms with Crippen molar-refractivity contribution in [2.45, 2.75) is 19.5 Å². The van der Waals surface area contributed by atoms with E-state index < -0.39 is 11.7 Å². The Morgan fingerprint density at radius 1 is 1.44 bits per heavy atom. The summed E-state index contributed by atoms with van der Waals surface area (Å²) in [7, 11) is 1.95. The molecular formula is C17H27F3IN5O. The first-order valence-electron chi connectivity index (χ1n) is 8.75. The van der Waals surface area contributed by atoms with Crippen molar-refractivity contribution in [1.82, 2.24) is 15.2 Å². The number of hydrogen-bond donors (Lipinski definition) is 2. The van der Waals surface area contributed by atoms with E-state index in [1.165, 1.54) is 12.3 Å². The van der Waals surface area contributed by atoms with Crippen LogP contribution in [0.25, 0.3) is 0 Å². The van der Waals surface area contributed by atoms with Gasteiger partial charge in [0.15, 0.2) is 5.96 Å². The van der Waals surface area contributed by atoms with Gasteiger partial charge >= 0.3 is 6.18 Å². The molecule has 10 heteroatoms. The van der Waals surface area contributed by atoms with Gasteiger partial charge in [-0.2, -0.15) is 13.2 Å². The van der Waals surface area contributed by atoms with E-state index in [2.05, 4.69) is 20.6 Å². The molecule has 0 aliphatic carbocycles. The lowest BCUT2D eigenvalue weighted by molar-refractivity contribution is -0.137. The van der Waals surface area contributed by atoms with E-state index >= 15 is 0 Å². The van der Waals surface area contributed by atoms with Crippen LogP contribution in [-0.2, 0) is 10.9 Å². The summed E-state index contributed by atoms with van der Waals surface area (Å²) in [4.78, 5) is 10.3. The van der Waals surface area contributed by atoms with Crippen LogP contribution in [-0.4, -0.2) is 62.3 Å². The number of guanidine groups is 1. The Labute approximate surface area is 175 Å². The van der Waals surface area contributed by atoms with Gasteiger partial charge in [0, 0.05) is 45.4 Å². The normalized spacial score (nSPS) is 17.4. The largest absolute Gasteiger partial charge is 0.419 e. The molecular weight excluding hydrogens is 474 g/mol. The summed E-state index contributed by atoms with van der Waals surface area (Å²) >= 11 is 0. The maximum Gasteiger partial charge on any atom is 0.419 e. The monoisotopic (exact) mass is 501 g/mol. The van der Waals surface area contributed by atoms with Crippen LogP contribution in [0, 0.1) is 5.92 Å². The van der Waals surface area contributed by atoms with Gasteiger partial charge in [-0.3, -0.25) is 4.99 Å². The van der Waals surface area contributed by atoms with Crippen LogP contribution in [0.2, 0.25) is 0 Å². The van der Waals surface area contributed by atoms with Crippen molar-refractivity contribution in [3.05, 3.63) is 23.9 Å². The lowest BCUT2D eigenvalue weighted by atomic mass is 10.1. The highest BCUT2D eigenvalue weighted by molar-refractivity contribution is 14.0. The predicted molar refractivity (Wildman–Crippen MR) is 111 cm³/mol. The minimum atomic E-state index is -4.43. The molecule has 0 amide bonds. The SMILES string of the molecule is CCNC(=NCCNc1ncccc1C(F)(F)F)N(C)CC1CCOC1.I. The standard InChI is InChI=1S/C17H26F3N5O.HI/c1-3-21-16(25(2)11-13-6-10-26-12-13)24-9-8-23-15-14(17(18,19)20)5-4-7-22-15;/h4-5,7,13H,3,6,8-12H2,1-2H3,(H,21,24)(H,22,23);1H. The molecule has 1 unspecified atom stereocenters. The molecule has 0 saturated carbocycles. The van der Waals surface area contributed by atoms with Gasteiger partial charge in [0.25, 0.3) is 0 Å². The summed E-state index contributed by atoms with van der Waals surface area (Å²) in [6, 6.07) is 2.29. The van der Waals surface area contributed by atoms with Crippen LogP contribution in [0.1, 0.15) is 18.9 Å². The summed E-state index contributed by atoms with van der Waals surface area (Å²) in [6.45, 7) is 5.67. The smallest absolute Gasteiger partial charge is 0.381 e. The van der Waals surface area contributed by atoms with Crippen molar-refractivity contribution in [3.8, 4) is 0 Å². The van der Waals surface area contributed by atoms with Crippen molar-refractivity contribution in [2.24, 2.45) is 10.9 Å². The highest BCUT2D eigenvalue weighted by Crippen LogP contribution is 2.33. The van der Waals surface area contributed by atoms with Crippen LogP contribution in [0.15, 0.2) is 23.3 Å². The van der Waals surface area contributed by atoms with Gasteiger partial charge in [0.05, 0.1) is 18.7 Å². The fourth-order valence-corrected chi connectivity index (χ4v) is 2.78. The summed E-state index contributed by atoms with van der Waals surface area (Å²) in [5.74, 6) is 1.04. The topological polar surface area (TPSA) is 61.8 Å². The second-order valence-electron chi connectivity index (χ2n) is 6.17. The number of aliphatic imine (C=N–C) groups is 1. The lowest BCUT2D eigenvalue weighted by Gasteiger charge is -2.24. The molecule has 0 radical (unpaired) electrons. The molecule has 2 heterocycles. The summed E-state index contributed by atoms with van der Waals surface area (Å²) in [6.07, 6.45) is -2.06. The highest BCUT2D eigenvalue weighted by atomic mass is 127. The minimum Gasteiger partial charge on any atom is -0.381 e. The van der Waals surface area contributed by atoms with Gasteiger partial charge < -0.3 is 20.3 Å². The third kappa shape index (κ3) is 7.68. The number of rotatable bonds is 7. The van der Waals surface area contributed by atoms with Gasteiger partial charge in [-0.05, 0) is 25.5 Å². The van der Waals surface area contributed by atoms with Crippen molar-refractivity contribution >= 4 is 35.8 Å². The Hall–Kier alpha value is -1.30. The molecule has 6 nitrogen and oxygen atoms in total. The first kappa shape index (κ1) is 23.7. The number of ether oxygens (including phenoxy) is 1. The molecule has 1 aromatic heterocycles. The van der Waals surface area contributed by atoms with E-state index in [1.54, 1.807) is 0 Å². The summed E-state index contributed by atoms with van der Waals surface area (Å²) in [5.41, 5.74) is -0.769. The molecule has 0 spiro atoms. The van der Waals surface area contributed by atoms with E-state index in [9.17, 15) is 13.2 Å². The zero-order valence-corrected chi connectivity index (χ0v) is 17.9. The molecule has 154 valence electrons. The van der Waals surface area contributed by atoms with Crippen LogP contribution in [0.4, 0.5) is 19.0 Å². The average Bonchev–Trinajstić information content (AvgIpc) is 3.10. The zero-order chi connectivity index (χ0) is 19.0. The molecule has 1 aliphatic heterocycles. The maximum atomic E-state index is 13.0. The van der Waals surface area contributed by atoms with E-state index in [-0.39, 0.29) is 36.3 Å². The number of hydrogen-bond acceptors (Lipinski definition) is 4. The molecule has 1 atom stereocenters. The van der Waals surface area contributed by atoms with Crippen LogP contribution < -0.4 is 10.6 Å². The predicted octanol–water partition coefficient (Wildman–Crippen LogP) is 3.06. The average molecular weight is 501 g/mol. The number of halogens is 4. The number of aromatic nitrogens is 1. The van der Waals surface area contributed by atoms with Crippen LogP contribution >= 0.6 is 24.0 Å². The zero-order valence-electron chi connectivity index (χ0n) is 15.6. The Morgan fingerprint density at radius 2 is 2.22 bits per heavy atom. The number of nitrogens with zero attached hydrogens (tertiary/aromatic N) is 3. The van der Waals surface area contributed by atoms with Gasteiger partial charge in [0.2, 0.25) is 0 Å². The molecule has 0 bridgehead atoms. The molecule has 27 heavy (non-hydrogen) atoms. The minimum absolute atomic E-state index is 0. The summed E-state index contributed by atoms with van der Waals surface area (Å²) in [5, 5.41) is 5.93.